The molecule has 1 aromatic heterocycles. The Labute approximate surface area is 233 Å². The van der Waals surface area contributed by atoms with E-state index in [0.29, 0.717) is 22.1 Å². The molecular formula is C26H23FN4O5S3. The minimum Gasteiger partial charge on any atom is -0.507 e. The first-order valence-corrected chi connectivity index (χ1v) is 14.3. The van der Waals surface area contributed by atoms with Gasteiger partial charge in [-0.25, -0.2) is 27.3 Å². The zero-order valence-corrected chi connectivity index (χ0v) is 22.9. The maximum absolute atomic E-state index is 14.5. The molecule has 13 heteroatoms. The van der Waals surface area contributed by atoms with Gasteiger partial charge in [-0.2, -0.15) is 0 Å². The topological polar surface area (TPSA) is 130 Å². The van der Waals surface area contributed by atoms with E-state index in [1.807, 2.05) is 6.07 Å². The van der Waals surface area contributed by atoms with Gasteiger partial charge in [0, 0.05) is 29.2 Å². The number of aromatic hydroxyl groups is 1. The molecule has 9 nitrogen and oxygen atoms in total. The van der Waals surface area contributed by atoms with Crippen LogP contribution in [0.4, 0.5) is 15.2 Å². The standard InChI is InChI=1S/C26H23FN4O5S3/c1-2-36-24(33)19-10-9-18(13-22(19)32)29-25(37)31-26-30-21(15-38-26)17-8-11-20(27)23(12-17)39(34,35)28-14-16-6-4-3-5-7-16/h3-13,15,28,32H,2,14H2,1H3,(H2,29,30,31,37). The molecule has 0 amide bonds. The smallest absolute Gasteiger partial charge is 0.341 e. The molecule has 1 heterocycles. The number of halogens is 1. The van der Waals surface area contributed by atoms with Gasteiger partial charge in [0.1, 0.15) is 22.0 Å². The second kappa shape index (κ2) is 12.3. The number of phenolic OH excluding ortho intramolecular Hbond substituents is 1. The fourth-order valence-electron chi connectivity index (χ4n) is 3.43. The number of esters is 1. The van der Waals surface area contributed by atoms with Crippen LogP contribution in [0.3, 0.4) is 0 Å². The van der Waals surface area contributed by atoms with Gasteiger partial charge in [0.2, 0.25) is 10.0 Å². The fraction of sp³-hybridized carbons (Fsp3) is 0.115. The molecule has 0 unspecified atom stereocenters. The van der Waals surface area contributed by atoms with E-state index in [0.717, 1.165) is 11.6 Å². The molecule has 0 radical (unpaired) electrons. The predicted octanol–water partition coefficient (Wildman–Crippen LogP) is 5.12. The number of hydrogen-bond donors (Lipinski definition) is 4. The summed E-state index contributed by atoms with van der Waals surface area (Å²) in [5.41, 5.74) is 2.01. The zero-order chi connectivity index (χ0) is 28.0. The van der Waals surface area contributed by atoms with Crippen molar-refractivity contribution < 1.29 is 27.4 Å². The molecule has 202 valence electrons. The molecule has 0 aliphatic carbocycles. The first-order valence-electron chi connectivity index (χ1n) is 11.5. The number of phenols is 1. The first kappa shape index (κ1) is 28.1. The van der Waals surface area contributed by atoms with E-state index in [1.54, 1.807) is 42.6 Å². The molecule has 0 bridgehead atoms. The number of nitrogens with one attached hydrogen (secondary N) is 3. The van der Waals surface area contributed by atoms with Crippen LogP contribution in [0.15, 0.2) is 77.0 Å². The van der Waals surface area contributed by atoms with Crippen LogP contribution in [0.1, 0.15) is 22.8 Å². The summed E-state index contributed by atoms with van der Waals surface area (Å²) < 4.78 is 47.4. The number of aromatic nitrogens is 1. The molecule has 4 rings (SSSR count). The third kappa shape index (κ3) is 7.15. The van der Waals surface area contributed by atoms with Gasteiger partial charge in [0.05, 0.1) is 12.3 Å². The lowest BCUT2D eigenvalue weighted by molar-refractivity contribution is 0.0523. The summed E-state index contributed by atoms with van der Waals surface area (Å²) in [5.74, 6) is -1.78. The molecule has 0 fully saturated rings. The maximum Gasteiger partial charge on any atom is 0.341 e. The van der Waals surface area contributed by atoms with Crippen LogP contribution in [0, 0.1) is 5.82 Å². The van der Waals surface area contributed by atoms with Crippen LogP contribution in [0.2, 0.25) is 0 Å². The van der Waals surface area contributed by atoms with Crippen LogP contribution in [0.5, 0.6) is 5.75 Å². The highest BCUT2D eigenvalue weighted by Crippen LogP contribution is 2.29. The summed E-state index contributed by atoms with van der Waals surface area (Å²) in [7, 11) is -4.13. The Morgan fingerprint density at radius 2 is 1.87 bits per heavy atom. The van der Waals surface area contributed by atoms with Crippen LogP contribution >= 0.6 is 23.6 Å². The summed E-state index contributed by atoms with van der Waals surface area (Å²) in [6.07, 6.45) is 0. The van der Waals surface area contributed by atoms with E-state index < -0.39 is 26.7 Å². The number of ether oxygens (including phenoxy) is 1. The van der Waals surface area contributed by atoms with E-state index in [9.17, 15) is 22.7 Å². The number of nitrogens with zero attached hydrogens (tertiary/aromatic N) is 1. The molecule has 0 atom stereocenters. The minimum atomic E-state index is -4.13. The van der Waals surface area contributed by atoms with E-state index in [4.69, 9.17) is 17.0 Å². The summed E-state index contributed by atoms with van der Waals surface area (Å²) in [6.45, 7) is 1.87. The van der Waals surface area contributed by atoms with E-state index >= 15 is 0 Å². The molecule has 39 heavy (non-hydrogen) atoms. The molecule has 0 saturated carbocycles. The Morgan fingerprint density at radius 3 is 2.59 bits per heavy atom. The molecule has 4 N–H and O–H groups in total. The normalized spacial score (nSPS) is 11.1. The number of rotatable bonds is 9. The van der Waals surface area contributed by atoms with Crippen LogP contribution in [0.25, 0.3) is 11.3 Å². The third-order valence-corrected chi connectivity index (χ3v) is 7.68. The number of benzene rings is 3. The summed E-state index contributed by atoms with van der Waals surface area (Å²) in [5, 5.41) is 18.1. The van der Waals surface area contributed by atoms with Crippen LogP contribution < -0.4 is 15.4 Å². The monoisotopic (exact) mass is 586 g/mol. The van der Waals surface area contributed by atoms with Crippen molar-refractivity contribution in [1.29, 1.82) is 0 Å². The summed E-state index contributed by atoms with van der Waals surface area (Å²) in [6, 6.07) is 17.0. The highest BCUT2D eigenvalue weighted by atomic mass is 32.2. The average molecular weight is 587 g/mol. The van der Waals surface area contributed by atoms with Crippen molar-refractivity contribution in [2.45, 2.75) is 18.4 Å². The van der Waals surface area contributed by atoms with Gasteiger partial charge in [-0.05, 0) is 55.0 Å². The van der Waals surface area contributed by atoms with E-state index in [-0.39, 0.29) is 29.6 Å². The highest BCUT2D eigenvalue weighted by molar-refractivity contribution is 7.89. The number of thiazole rings is 1. The molecule has 3 aromatic carbocycles. The lowest BCUT2D eigenvalue weighted by Gasteiger charge is -2.10. The Bertz CT molecular complexity index is 1610. The van der Waals surface area contributed by atoms with Gasteiger partial charge in [-0.3, -0.25) is 0 Å². The maximum atomic E-state index is 14.5. The van der Waals surface area contributed by atoms with Crippen molar-refractivity contribution >= 4 is 55.5 Å². The Kier molecular flexibility index (Phi) is 8.86. The van der Waals surface area contributed by atoms with Crippen molar-refractivity contribution in [3.8, 4) is 17.0 Å². The number of sulfonamides is 1. The Balaban J connectivity index is 1.43. The van der Waals surface area contributed by atoms with Gasteiger partial charge >= 0.3 is 5.97 Å². The van der Waals surface area contributed by atoms with Gasteiger partial charge < -0.3 is 20.5 Å². The molecule has 4 aromatic rings. The van der Waals surface area contributed by atoms with Crippen molar-refractivity contribution in [2.75, 3.05) is 17.2 Å². The van der Waals surface area contributed by atoms with E-state index in [2.05, 4.69) is 20.3 Å². The molecular weight excluding hydrogens is 564 g/mol. The Morgan fingerprint density at radius 1 is 1.10 bits per heavy atom. The average Bonchev–Trinajstić information content (AvgIpc) is 3.36. The van der Waals surface area contributed by atoms with E-state index in [1.165, 1.54) is 35.6 Å². The first-order chi connectivity index (χ1) is 18.7. The molecule has 0 saturated heterocycles. The predicted molar refractivity (Wildman–Crippen MR) is 152 cm³/mol. The van der Waals surface area contributed by atoms with Crippen molar-refractivity contribution in [2.24, 2.45) is 0 Å². The van der Waals surface area contributed by atoms with Gasteiger partial charge in [-0.15, -0.1) is 11.3 Å². The number of thiocarbonyl (C=S) groups is 1. The van der Waals surface area contributed by atoms with Gasteiger partial charge in [0.15, 0.2) is 10.2 Å². The van der Waals surface area contributed by atoms with Crippen molar-refractivity contribution in [1.82, 2.24) is 9.71 Å². The highest BCUT2D eigenvalue weighted by Gasteiger charge is 2.21. The molecule has 0 spiro atoms. The largest absolute Gasteiger partial charge is 0.507 e. The summed E-state index contributed by atoms with van der Waals surface area (Å²) in [4.78, 5) is 15.8. The van der Waals surface area contributed by atoms with Crippen molar-refractivity contribution in [3.63, 3.8) is 0 Å². The second-order valence-corrected chi connectivity index (χ2v) is 11.0. The Hall–Kier alpha value is -3.91. The van der Waals surface area contributed by atoms with Gasteiger partial charge in [-0.1, -0.05) is 30.3 Å². The number of carbonyl (C=O) groups excluding carboxylic acids is 1. The van der Waals surface area contributed by atoms with Crippen LogP contribution in [-0.2, 0) is 21.3 Å². The lowest BCUT2D eigenvalue weighted by Crippen LogP contribution is -2.24. The molecule has 0 aliphatic heterocycles. The SMILES string of the molecule is CCOC(=O)c1ccc(NC(=S)Nc2nc(-c3ccc(F)c(S(=O)(=O)NCc4ccccc4)c3)cs2)cc1O. The van der Waals surface area contributed by atoms with Gasteiger partial charge in [0.25, 0.3) is 0 Å². The molecule has 0 aliphatic rings. The zero-order valence-electron chi connectivity index (χ0n) is 20.5. The second-order valence-electron chi connectivity index (χ2n) is 8.02. The lowest BCUT2D eigenvalue weighted by atomic mass is 10.2. The number of hydrogen-bond acceptors (Lipinski definition) is 8. The quantitative estimate of drug-likeness (QED) is 0.156. The third-order valence-electron chi connectivity index (χ3n) is 5.30. The minimum absolute atomic E-state index is 0.0192. The van der Waals surface area contributed by atoms with Crippen LogP contribution in [-0.4, -0.2) is 36.2 Å². The fourth-order valence-corrected chi connectivity index (χ4v) is 5.56. The number of anilines is 2. The van der Waals surface area contributed by atoms with Crippen molar-refractivity contribution in [3.05, 3.63) is 89.1 Å². The summed E-state index contributed by atoms with van der Waals surface area (Å²) >= 11 is 6.51. The number of carbonyl (C=O) groups is 1.